The maximum atomic E-state index is 13.7. The summed E-state index contributed by atoms with van der Waals surface area (Å²) in [5, 5.41) is 1.30. The molecule has 0 aliphatic heterocycles. The molecule has 1 atom stereocenters. The van der Waals surface area contributed by atoms with E-state index in [0.29, 0.717) is 18.2 Å². The average molecular weight is 586 g/mol. The molecule has 16 heteroatoms. The number of hydroxylamine groups is 1. The summed E-state index contributed by atoms with van der Waals surface area (Å²) in [5.74, 6) is -2.88. The average Bonchev–Trinajstić information content (AvgIpc) is 2.84. The zero-order valence-corrected chi connectivity index (χ0v) is 19.6. The third kappa shape index (κ3) is 7.10. The Morgan fingerprint density at radius 1 is 0.846 bits per heavy atom. The fourth-order valence-corrected chi connectivity index (χ4v) is 3.41. The molecule has 0 saturated heterocycles. The standard InChI is InChI=1S/C23H13ClF9N3O3/c24-15-5-1-2-6-16(15)36(39-19(37)23(31,32)33)20(38)35-17(12-7-9-13(10-8-12)21(25,26)27)18-14(22(28,29)30)4-3-11-34-18/h1-11,17H,(H,35,38). The summed E-state index contributed by atoms with van der Waals surface area (Å²) in [6.07, 6.45) is -14.6. The Hall–Kier alpha value is -4.01. The Labute approximate surface area is 217 Å². The van der Waals surface area contributed by atoms with Gasteiger partial charge in [0, 0.05) is 6.20 Å². The number of carbonyl (C=O) groups excluding carboxylic acids is 2. The molecule has 39 heavy (non-hydrogen) atoms. The van der Waals surface area contributed by atoms with E-state index in [4.69, 9.17) is 11.6 Å². The zero-order valence-electron chi connectivity index (χ0n) is 18.8. The van der Waals surface area contributed by atoms with Crippen LogP contribution in [0.15, 0.2) is 66.9 Å². The van der Waals surface area contributed by atoms with Crippen molar-refractivity contribution in [2.45, 2.75) is 24.6 Å². The van der Waals surface area contributed by atoms with Crippen LogP contribution in [0.3, 0.4) is 0 Å². The first-order chi connectivity index (χ1) is 18.0. The van der Waals surface area contributed by atoms with Crippen LogP contribution in [0.5, 0.6) is 0 Å². The van der Waals surface area contributed by atoms with Crippen molar-refractivity contribution in [1.82, 2.24) is 10.3 Å². The molecule has 208 valence electrons. The first-order valence-electron chi connectivity index (χ1n) is 10.3. The van der Waals surface area contributed by atoms with Gasteiger partial charge >= 0.3 is 30.5 Å². The molecule has 0 aliphatic rings. The van der Waals surface area contributed by atoms with Gasteiger partial charge < -0.3 is 10.2 Å². The Balaban J connectivity index is 2.13. The number of carbonyl (C=O) groups is 2. The van der Waals surface area contributed by atoms with Crippen molar-refractivity contribution in [2.24, 2.45) is 0 Å². The zero-order chi connectivity index (χ0) is 29.2. The number of urea groups is 1. The summed E-state index contributed by atoms with van der Waals surface area (Å²) in [6.45, 7) is 0. The SMILES string of the molecule is O=C(NC(c1ccc(C(F)(F)F)cc1)c1ncccc1C(F)(F)F)N(OC(=O)C(F)(F)F)c1ccccc1Cl. The van der Waals surface area contributed by atoms with Crippen molar-refractivity contribution in [3.05, 3.63) is 94.3 Å². The molecule has 0 bridgehead atoms. The molecule has 3 aromatic rings. The smallest absolute Gasteiger partial charge is 0.323 e. The molecule has 1 unspecified atom stereocenters. The molecule has 0 saturated carbocycles. The van der Waals surface area contributed by atoms with Crippen LogP contribution in [0.2, 0.25) is 5.02 Å². The highest BCUT2D eigenvalue weighted by atomic mass is 35.5. The molecule has 2 amide bonds. The Bertz CT molecular complexity index is 1340. The molecule has 6 nitrogen and oxygen atoms in total. The van der Waals surface area contributed by atoms with Crippen molar-refractivity contribution in [1.29, 1.82) is 0 Å². The first-order valence-corrected chi connectivity index (χ1v) is 10.7. The van der Waals surface area contributed by atoms with Crippen molar-refractivity contribution in [3.63, 3.8) is 0 Å². The Morgan fingerprint density at radius 2 is 1.46 bits per heavy atom. The largest absolute Gasteiger partial charge is 0.493 e. The Kier molecular flexibility index (Phi) is 8.33. The maximum absolute atomic E-state index is 13.7. The molecule has 0 aliphatic carbocycles. The van der Waals surface area contributed by atoms with Crippen LogP contribution in [0.1, 0.15) is 28.4 Å². The number of hydrogen-bond acceptors (Lipinski definition) is 4. The second-order valence-electron chi connectivity index (χ2n) is 7.56. The van der Waals surface area contributed by atoms with Crippen LogP contribution in [-0.4, -0.2) is 23.2 Å². The summed E-state index contributed by atoms with van der Waals surface area (Å²) < 4.78 is 119. The summed E-state index contributed by atoms with van der Waals surface area (Å²) in [5.41, 5.74) is -4.49. The minimum absolute atomic E-state index is 0.245. The van der Waals surface area contributed by atoms with E-state index >= 15 is 0 Å². The van der Waals surface area contributed by atoms with Gasteiger partial charge in [0.25, 0.3) is 0 Å². The number of benzene rings is 2. The van der Waals surface area contributed by atoms with E-state index < -0.39 is 64.1 Å². The lowest BCUT2D eigenvalue weighted by Gasteiger charge is -2.27. The number of aromatic nitrogens is 1. The van der Waals surface area contributed by atoms with Gasteiger partial charge in [0.05, 0.1) is 27.9 Å². The second kappa shape index (κ2) is 11.0. The fourth-order valence-electron chi connectivity index (χ4n) is 3.19. The van der Waals surface area contributed by atoms with E-state index in [1.54, 1.807) is 0 Å². The maximum Gasteiger partial charge on any atom is 0.493 e. The highest BCUT2D eigenvalue weighted by molar-refractivity contribution is 6.33. The lowest BCUT2D eigenvalue weighted by molar-refractivity contribution is -0.199. The molecular formula is C23H13ClF9N3O3. The Morgan fingerprint density at radius 3 is 2.00 bits per heavy atom. The lowest BCUT2D eigenvalue weighted by Crippen LogP contribution is -2.46. The summed E-state index contributed by atoms with van der Waals surface area (Å²) in [7, 11) is 0. The third-order valence-electron chi connectivity index (χ3n) is 4.92. The summed E-state index contributed by atoms with van der Waals surface area (Å²) >= 11 is 5.91. The van der Waals surface area contributed by atoms with E-state index in [0.717, 1.165) is 36.5 Å². The van der Waals surface area contributed by atoms with Crippen LogP contribution in [0.4, 0.5) is 50.0 Å². The summed E-state index contributed by atoms with van der Waals surface area (Å²) in [6, 6.07) is 4.82. The topological polar surface area (TPSA) is 71.5 Å². The van der Waals surface area contributed by atoms with Crippen molar-refractivity contribution >= 4 is 29.3 Å². The van der Waals surface area contributed by atoms with Gasteiger partial charge in [-0.25, -0.2) is 9.59 Å². The molecule has 1 N–H and O–H groups in total. The molecule has 1 heterocycles. The highest BCUT2D eigenvalue weighted by Gasteiger charge is 2.44. The van der Waals surface area contributed by atoms with Gasteiger partial charge in [-0.1, -0.05) is 35.9 Å². The predicted octanol–water partition coefficient (Wildman–Crippen LogP) is 7.10. The van der Waals surface area contributed by atoms with Crippen LogP contribution in [0, 0.1) is 0 Å². The third-order valence-corrected chi connectivity index (χ3v) is 5.24. The fraction of sp³-hybridized carbons (Fsp3) is 0.174. The van der Waals surface area contributed by atoms with Crippen LogP contribution < -0.4 is 10.4 Å². The number of nitrogens with one attached hydrogen (secondary N) is 1. The van der Waals surface area contributed by atoms with Crippen LogP contribution in [-0.2, 0) is 22.0 Å². The number of rotatable bonds is 4. The van der Waals surface area contributed by atoms with Gasteiger partial charge in [-0.3, -0.25) is 4.98 Å². The van der Waals surface area contributed by atoms with E-state index in [-0.39, 0.29) is 10.6 Å². The van der Waals surface area contributed by atoms with Crippen LogP contribution in [0.25, 0.3) is 0 Å². The number of hydrogen-bond donors (Lipinski definition) is 1. The van der Waals surface area contributed by atoms with Gasteiger partial charge in [-0.2, -0.15) is 39.5 Å². The number of nitrogens with zero attached hydrogens (tertiary/aromatic N) is 2. The van der Waals surface area contributed by atoms with Gasteiger partial charge in [-0.05, 0) is 42.0 Å². The van der Waals surface area contributed by atoms with Crippen molar-refractivity contribution in [3.8, 4) is 0 Å². The van der Waals surface area contributed by atoms with Gasteiger partial charge in [0.15, 0.2) is 0 Å². The predicted molar refractivity (Wildman–Crippen MR) is 117 cm³/mol. The van der Waals surface area contributed by atoms with Crippen molar-refractivity contribution < 1.29 is 53.9 Å². The van der Waals surface area contributed by atoms with Crippen LogP contribution >= 0.6 is 11.6 Å². The molecule has 1 aromatic heterocycles. The summed E-state index contributed by atoms with van der Waals surface area (Å²) in [4.78, 5) is 32.4. The molecular weight excluding hydrogens is 573 g/mol. The van der Waals surface area contributed by atoms with Gasteiger partial charge in [0.1, 0.15) is 5.69 Å². The second-order valence-corrected chi connectivity index (χ2v) is 7.97. The van der Waals surface area contributed by atoms with Gasteiger partial charge in [0.2, 0.25) is 0 Å². The first kappa shape index (κ1) is 29.5. The van der Waals surface area contributed by atoms with E-state index in [1.165, 1.54) is 12.1 Å². The number of amides is 2. The number of pyridine rings is 1. The van der Waals surface area contributed by atoms with E-state index in [2.05, 4.69) is 9.82 Å². The molecule has 2 aromatic carbocycles. The van der Waals surface area contributed by atoms with E-state index in [1.807, 2.05) is 5.32 Å². The van der Waals surface area contributed by atoms with Crippen molar-refractivity contribution in [2.75, 3.05) is 5.06 Å². The monoisotopic (exact) mass is 585 g/mol. The lowest BCUT2D eigenvalue weighted by atomic mass is 9.98. The van der Waals surface area contributed by atoms with Gasteiger partial charge in [-0.15, -0.1) is 5.06 Å². The number of halogens is 10. The quantitative estimate of drug-likeness (QED) is 0.262. The molecule has 3 rings (SSSR count). The molecule has 0 spiro atoms. The number of para-hydroxylation sites is 1. The number of anilines is 1. The van der Waals surface area contributed by atoms with E-state index in [9.17, 15) is 49.1 Å². The molecule has 0 fully saturated rings. The normalized spacial score (nSPS) is 13.0. The number of alkyl halides is 9. The minimum Gasteiger partial charge on any atom is -0.323 e. The molecule has 0 radical (unpaired) electrons. The minimum atomic E-state index is -5.60. The highest BCUT2D eigenvalue weighted by Crippen LogP contribution is 2.37.